The molecule has 0 fully saturated rings. The topological polar surface area (TPSA) is 114 Å². The number of hydrogen-bond acceptors (Lipinski definition) is 7. The molecule has 9 heteroatoms. The molecule has 31 heavy (non-hydrogen) atoms. The van der Waals surface area contributed by atoms with E-state index in [0.717, 1.165) is 29.6 Å². The second-order valence-electron chi connectivity index (χ2n) is 6.98. The lowest BCUT2D eigenvalue weighted by Crippen LogP contribution is -2.09. The fraction of sp³-hybridized carbons (Fsp3) is 0.0909. The Bertz CT molecular complexity index is 1360. The normalized spacial score (nSPS) is 11.0. The lowest BCUT2D eigenvalue weighted by atomic mass is 10.1. The van der Waals surface area contributed by atoms with E-state index in [1.165, 1.54) is 18.2 Å². The predicted octanol–water partition coefficient (Wildman–Crippen LogP) is 2.96. The molecule has 0 aliphatic rings. The molecule has 0 spiro atoms. The zero-order valence-corrected chi connectivity index (χ0v) is 16.4. The third-order valence-electron chi connectivity index (χ3n) is 4.92. The van der Waals surface area contributed by atoms with Crippen LogP contribution in [0.3, 0.4) is 0 Å². The molecule has 4 aromatic heterocycles. The van der Waals surface area contributed by atoms with E-state index in [9.17, 15) is 4.79 Å². The summed E-state index contributed by atoms with van der Waals surface area (Å²) in [7, 11) is 0. The Morgan fingerprint density at radius 3 is 2.61 bits per heavy atom. The summed E-state index contributed by atoms with van der Waals surface area (Å²) < 4.78 is 1.80. The van der Waals surface area contributed by atoms with Crippen LogP contribution < -0.4 is 10.9 Å². The van der Waals surface area contributed by atoms with E-state index >= 15 is 0 Å². The molecule has 0 radical (unpaired) electrons. The highest BCUT2D eigenvalue weighted by Gasteiger charge is 2.12. The summed E-state index contributed by atoms with van der Waals surface area (Å²) in [5.74, 6) is 0.480. The first kappa shape index (κ1) is 18.6. The number of anilines is 2. The van der Waals surface area contributed by atoms with Crippen molar-refractivity contribution in [2.75, 3.05) is 5.32 Å². The molecule has 0 aliphatic carbocycles. The summed E-state index contributed by atoms with van der Waals surface area (Å²) in [6.07, 6.45) is 10.6. The summed E-state index contributed by atoms with van der Waals surface area (Å²) >= 11 is 0. The molecule has 0 aliphatic heterocycles. The van der Waals surface area contributed by atoms with Crippen molar-refractivity contribution in [1.29, 1.82) is 0 Å². The van der Waals surface area contributed by atoms with E-state index in [-0.39, 0.29) is 5.56 Å². The van der Waals surface area contributed by atoms with Gasteiger partial charge in [-0.2, -0.15) is 5.10 Å². The number of fused-ring (bicyclic) bond motifs is 1. The highest BCUT2D eigenvalue weighted by Crippen LogP contribution is 2.27. The first-order chi connectivity index (χ1) is 15.3. The van der Waals surface area contributed by atoms with Gasteiger partial charge < -0.3 is 10.3 Å². The van der Waals surface area contributed by atoms with E-state index in [1.54, 1.807) is 29.6 Å². The van der Waals surface area contributed by atoms with E-state index in [0.29, 0.717) is 16.9 Å². The van der Waals surface area contributed by atoms with Crippen molar-refractivity contribution in [1.82, 2.24) is 34.7 Å². The van der Waals surface area contributed by atoms with Crippen LogP contribution in [0.25, 0.3) is 22.0 Å². The Balaban J connectivity index is 1.46. The van der Waals surface area contributed by atoms with Gasteiger partial charge in [0.25, 0.3) is 5.56 Å². The van der Waals surface area contributed by atoms with E-state index in [2.05, 4.69) is 30.4 Å². The van der Waals surface area contributed by atoms with Gasteiger partial charge in [-0.25, -0.2) is 19.9 Å². The number of H-pyrrole nitrogens is 1. The van der Waals surface area contributed by atoms with Crippen molar-refractivity contribution in [3.8, 4) is 11.3 Å². The molecule has 9 nitrogen and oxygen atoms in total. The van der Waals surface area contributed by atoms with Gasteiger partial charge in [-0.3, -0.25) is 9.48 Å². The summed E-state index contributed by atoms with van der Waals surface area (Å²) in [4.78, 5) is 32.0. The van der Waals surface area contributed by atoms with Crippen LogP contribution in [0.4, 0.5) is 11.5 Å². The molecule has 0 saturated carbocycles. The minimum Gasteiger partial charge on any atom is -0.340 e. The minimum atomic E-state index is -0.201. The van der Waals surface area contributed by atoms with Crippen molar-refractivity contribution >= 4 is 22.3 Å². The number of pyridine rings is 2. The third kappa shape index (κ3) is 4.01. The average Bonchev–Trinajstić information content (AvgIpc) is 3.33. The van der Waals surface area contributed by atoms with Crippen LogP contribution in [-0.4, -0.2) is 34.7 Å². The van der Waals surface area contributed by atoms with Gasteiger partial charge in [0, 0.05) is 36.4 Å². The smallest absolute Gasteiger partial charge is 0.259 e. The summed E-state index contributed by atoms with van der Waals surface area (Å²) in [6, 6.07) is 11.7. The maximum Gasteiger partial charge on any atom is 0.259 e. The molecule has 0 saturated heterocycles. The lowest BCUT2D eigenvalue weighted by Gasteiger charge is -2.11. The molecule has 1 aromatic carbocycles. The maximum absolute atomic E-state index is 12.5. The molecule has 0 atom stereocenters. The second-order valence-corrected chi connectivity index (χ2v) is 6.98. The largest absolute Gasteiger partial charge is 0.340 e. The second kappa shape index (κ2) is 8.15. The van der Waals surface area contributed by atoms with Gasteiger partial charge in [0.05, 0.1) is 11.1 Å². The van der Waals surface area contributed by atoms with E-state index < -0.39 is 0 Å². The molecule has 4 heterocycles. The molecular weight excluding hydrogens is 392 g/mol. The molecule has 5 rings (SSSR count). The number of aryl methyl sites for hydroxylation is 2. The van der Waals surface area contributed by atoms with Crippen LogP contribution in [0.1, 0.15) is 5.56 Å². The van der Waals surface area contributed by atoms with Gasteiger partial charge in [0.15, 0.2) is 0 Å². The van der Waals surface area contributed by atoms with Crippen LogP contribution in [0.2, 0.25) is 0 Å². The number of aromatic nitrogens is 7. The van der Waals surface area contributed by atoms with Crippen molar-refractivity contribution in [3.63, 3.8) is 0 Å². The van der Waals surface area contributed by atoms with Crippen LogP contribution in [0, 0.1) is 0 Å². The Morgan fingerprint density at radius 2 is 1.84 bits per heavy atom. The van der Waals surface area contributed by atoms with Gasteiger partial charge in [-0.05, 0) is 41.6 Å². The molecule has 5 aromatic rings. The quantitative estimate of drug-likeness (QED) is 0.442. The van der Waals surface area contributed by atoms with E-state index in [1.807, 2.05) is 36.4 Å². The van der Waals surface area contributed by atoms with E-state index in [4.69, 9.17) is 4.98 Å². The molecule has 2 N–H and O–H groups in total. The Morgan fingerprint density at radius 1 is 1.00 bits per heavy atom. The van der Waals surface area contributed by atoms with Gasteiger partial charge in [-0.15, -0.1) is 0 Å². The fourth-order valence-corrected chi connectivity index (χ4v) is 3.37. The molecule has 0 unspecified atom stereocenters. The number of nitrogens with one attached hydrogen (secondary N) is 2. The van der Waals surface area contributed by atoms with Crippen LogP contribution in [-0.2, 0) is 13.0 Å². The first-order valence-corrected chi connectivity index (χ1v) is 9.72. The standard InChI is InChI=1S/C22H18N8O/c31-22-20-16(5-7-26-22)9-19(17-10-23-12-24-11-17)29-21(20)28-18-3-1-15(2-4-18)6-8-30-14-25-13-27-30/h1-5,7,9-14H,6,8H2,(H,26,31)(H,28,29). The number of nitrogens with zero attached hydrogens (tertiary/aromatic N) is 6. The monoisotopic (exact) mass is 410 g/mol. The Labute approximate surface area is 176 Å². The van der Waals surface area contributed by atoms with Crippen LogP contribution in [0.5, 0.6) is 0 Å². The average molecular weight is 410 g/mol. The van der Waals surface area contributed by atoms with Crippen molar-refractivity contribution < 1.29 is 0 Å². The van der Waals surface area contributed by atoms with Crippen molar-refractivity contribution in [2.45, 2.75) is 13.0 Å². The van der Waals surface area contributed by atoms with Crippen molar-refractivity contribution in [3.05, 3.63) is 89.9 Å². The number of benzene rings is 1. The Hall–Kier alpha value is -4.40. The molecule has 0 amide bonds. The number of rotatable bonds is 6. The Kier molecular flexibility index (Phi) is 4.89. The summed E-state index contributed by atoms with van der Waals surface area (Å²) in [5.41, 5.74) is 3.27. The SMILES string of the molecule is O=c1[nH]ccc2cc(-c3cncnc3)nc(Nc3ccc(CCn4cncn4)cc3)c12. The van der Waals surface area contributed by atoms with Crippen molar-refractivity contribution in [2.24, 2.45) is 0 Å². The predicted molar refractivity (Wildman–Crippen MR) is 117 cm³/mol. The lowest BCUT2D eigenvalue weighted by molar-refractivity contribution is 0.613. The summed E-state index contributed by atoms with van der Waals surface area (Å²) in [5, 5.41) is 8.69. The van der Waals surface area contributed by atoms with Gasteiger partial charge >= 0.3 is 0 Å². The highest BCUT2D eigenvalue weighted by atomic mass is 16.1. The number of aromatic amines is 1. The van der Waals surface area contributed by atoms with Crippen LogP contribution >= 0.6 is 0 Å². The van der Waals surface area contributed by atoms with Gasteiger partial charge in [0.1, 0.15) is 24.8 Å². The molecule has 0 bridgehead atoms. The maximum atomic E-state index is 12.5. The van der Waals surface area contributed by atoms with Gasteiger partial charge in [-0.1, -0.05) is 12.1 Å². The zero-order valence-electron chi connectivity index (χ0n) is 16.4. The summed E-state index contributed by atoms with van der Waals surface area (Å²) in [6.45, 7) is 0.759. The van der Waals surface area contributed by atoms with Crippen LogP contribution in [0.15, 0.2) is 78.8 Å². The molecule has 152 valence electrons. The zero-order chi connectivity index (χ0) is 21.0. The number of hydrogen-bond donors (Lipinski definition) is 2. The highest BCUT2D eigenvalue weighted by molar-refractivity contribution is 5.95. The molecular formula is C22H18N8O. The van der Waals surface area contributed by atoms with Gasteiger partial charge in [0.2, 0.25) is 0 Å². The third-order valence-corrected chi connectivity index (χ3v) is 4.92. The fourth-order valence-electron chi connectivity index (χ4n) is 3.37. The first-order valence-electron chi connectivity index (χ1n) is 9.72. The minimum absolute atomic E-state index is 0.201.